The summed E-state index contributed by atoms with van der Waals surface area (Å²) in [5.41, 5.74) is -0.0612. The number of hydrogen-bond donors (Lipinski definition) is 1. The van der Waals surface area contributed by atoms with Crippen LogP contribution in [0.3, 0.4) is 0 Å². The Morgan fingerprint density at radius 2 is 2.06 bits per heavy atom. The number of benzene rings is 1. The van der Waals surface area contributed by atoms with E-state index in [1.807, 2.05) is 0 Å². The van der Waals surface area contributed by atoms with Gasteiger partial charge in [0.25, 0.3) is 0 Å². The first-order valence-corrected chi connectivity index (χ1v) is 4.80. The maximum absolute atomic E-state index is 11.5. The molecule has 1 N–H and O–H groups in total. The van der Waals surface area contributed by atoms with Gasteiger partial charge in [-0.3, -0.25) is 9.59 Å². The summed E-state index contributed by atoms with van der Waals surface area (Å²) in [6.07, 6.45) is 0.548. The molecule has 0 amide bonds. The Morgan fingerprint density at radius 3 is 2.56 bits per heavy atom. The Kier molecular flexibility index (Phi) is 3.32. The number of phenolic OH excluding ortho intramolecular Hbond substituents is 1. The molecule has 0 saturated carbocycles. The second kappa shape index (κ2) is 4.35. The quantitative estimate of drug-likeness (QED) is 0.624. The van der Waals surface area contributed by atoms with E-state index >= 15 is 0 Å². The standard InChI is InChI=1S/C12H14O4/c1-12(2,11(15)16-3)9-4-5-10(14)8(6-9)7-13/h4-7,14H,1-3H3. The number of rotatable bonds is 3. The van der Waals surface area contributed by atoms with Crippen LogP contribution in [0.2, 0.25) is 0 Å². The topological polar surface area (TPSA) is 63.6 Å². The highest BCUT2D eigenvalue weighted by Crippen LogP contribution is 2.28. The van der Waals surface area contributed by atoms with Gasteiger partial charge in [-0.1, -0.05) is 6.07 Å². The van der Waals surface area contributed by atoms with Gasteiger partial charge < -0.3 is 9.84 Å². The van der Waals surface area contributed by atoms with Crippen molar-refractivity contribution in [3.63, 3.8) is 0 Å². The van der Waals surface area contributed by atoms with E-state index in [0.29, 0.717) is 11.8 Å². The van der Waals surface area contributed by atoms with E-state index in [0.717, 1.165) is 0 Å². The molecule has 0 aliphatic carbocycles. The molecule has 0 unspecified atom stereocenters. The lowest BCUT2D eigenvalue weighted by Crippen LogP contribution is -2.30. The SMILES string of the molecule is COC(=O)C(C)(C)c1ccc(O)c(C=O)c1. The molecule has 0 saturated heterocycles. The third-order valence-electron chi connectivity index (χ3n) is 2.57. The molecule has 1 aromatic carbocycles. The molecule has 0 bridgehead atoms. The Hall–Kier alpha value is -1.84. The largest absolute Gasteiger partial charge is 0.507 e. The van der Waals surface area contributed by atoms with E-state index in [1.54, 1.807) is 19.9 Å². The summed E-state index contributed by atoms with van der Waals surface area (Å²) < 4.78 is 4.68. The summed E-state index contributed by atoms with van der Waals surface area (Å²) in [5.74, 6) is -0.491. The first-order chi connectivity index (χ1) is 7.43. The van der Waals surface area contributed by atoms with E-state index in [1.165, 1.54) is 19.2 Å². The molecule has 1 aromatic rings. The fourth-order valence-electron chi connectivity index (χ4n) is 1.41. The predicted molar refractivity (Wildman–Crippen MR) is 58.5 cm³/mol. The van der Waals surface area contributed by atoms with Crippen molar-refractivity contribution in [2.75, 3.05) is 7.11 Å². The number of phenols is 1. The molecule has 16 heavy (non-hydrogen) atoms. The van der Waals surface area contributed by atoms with Crippen molar-refractivity contribution in [1.82, 2.24) is 0 Å². The van der Waals surface area contributed by atoms with Crippen LogP contribution in [0.1, 0.15) is 29.8 Å². The van der Waals surface area contributed by atoms with Crippen molar-refractivity contribution in [2.24, 2.45) is 0 Å². The lowest BCUT2D eigenvalue weighted by molar-refractivity contribution is -0.146. The van der Waals surface area contributed by atoms with Crippen molar-refractivity contribution >= 4 is 12.3 Å². The smallest absolute Gasteiger partial charge is 0.315 e. The van der Waals surface area contributed by atoms with E-state index in [9.17, 15) is 14.7 Å². The van der Waals surface area contributed by atoms with Crippen LogP contribution in [-0.2, 0) is 14.9 Å². The van der Waals surface area contributed by atoms with Crippen molar-refractivity contribution < 1.29 is 19.4 Å². The average molecular weight is 222 g/mol. The number of aromatic hydroxyl groups is 1. The first-order valence-electron chi connectivity index (χ1n) is 4.80. The number of ether oxygens (including phenoxy) is 1. The molecule has 0 heterocycles. The monoisotopic (exact) mass is 222 g/mol. The molecule has 1 rings (SSSR count). The van der Waals surface area contributed by atoms with Crippen molar-refractivity contribution in [2.45, 2.75) is 19.3 Å². The highest BCUT2D eigenvalue weighted by molar-refractivity contribution is 5.84. The Labute approximate surface area is 93.9 Å². The van der Waals surface area contributed by atoms with Crippen LogP contribution in [0.4, 0.5) is 0 Å². The van der Waals surface area contributed by atoms with Crippen LogP contribution in [0.25, 0.3) is 0 Å². The summed E-state index contributed by atoms with van der Waals surface area (Å²) >= 11 is 0. The minimum absolute atomic E-state index is 0.0978. The lowest BCUT2D eigenvalue weighted by atomic mass is 9.84. The molecular formula is C12H14O4. The molecule has 4 nitrogen and oxygen atoms in total. The Bertz CT molecular complexity index is 421. The third kappa shape index (κ3) is 2.05. The molecule has 0 aliphatic rings. The van der Waals surface area contributed by atoms with Crippen LogP contribution in [0.5, 0.6) is 5.75 Å². The van der Waals surface area contributed by atoms with Gasteiger partial charge in [-0.15, -0.1) is 0 Å². The van der Waals surface area contributed by atoms with Gasteiger partial charge in [0, 0.05) is 0 Å². The lowest BCUT2D eigenvalue weighted by Gasteiger charge is -2.22. The van der Waals surface area contributed by atoms with Crippen molar-refractivity contribution in [3.8, 4) is 5.75 Å². The van der Waals surface area contributed by atoms with Gasteiger partial charge in [-0.05, 0) is 31.5 Å². The summed E-state index contributed by atoms with van der Waals surface area (Å²) in [4.78, 5) is 22.2. The van der Waals surface area contributed by atoms with Gasteiger partial charge in [0.05, 0.1) is 18.1 Å². The number of carbonyl (C=O) groups excluding carboxylic acids is 2. The van der Waals surface area contributed by atoms with Crippen LogP contribution >= 0.6 is 0 Å². The zero-order valence-electron chi connectivity index (χ0n) is 9.48. The third-order valence-corrected chi connectivity index (χ3v) is 2.57. The summed E-state index contributed by atoms with van der Waals surface area (Å²) in [6, 6.07) is 4.47. The van der Waals surface area contributed by atoms with Crippen LogP contribution in [0.15, 0.2) is 18.2 Å². The molecule has 0 aromatic heterocycles. The van der Waals surface area contributed by atoms with Gasteiger partial charge in [0.15, 0.2) is 6.29 Å². The van der Waals surface area contributed by atoms with Crippen molar-refractivity contribution in [1.29, 1.82) is 0 Å². The molecule has 0 atom stereocenters. The summed E-state index contributed by atoms with van der Waals surface area (Å²) in [6.45, 7) is 3.39. The second-order valence-corrected chi connectivity index (χ2v) is 4.01. The number of carbonyl (C=O) groups is 2. The molecular weight excluding hydrogens is 208 g/mol. The van der Waals surface area contributed by atoms with E-state index in [4.69, 9.17) is 0 Å². The molecule has 0 spiro atoms. The summed E-state index contributed by atoms with van der Waals surface area (Å²) in [7, 11) is 1.31. The zero-order valence-corrected chi connectivity index (χ0v) is 9.48. The number of methoxy groups -OCH3 is 1. The number of aldehydes is 1. The molecule has 86 valence electrons. The maximum Gasteiger partial charge on any atom is 0.315 e. The molecule has 0 radical (unpaired) electrons. The van der Waals surface area contributed by atoms with E-state index in [2.05, 4.69) is 4.74 Å². The van der Waals surface area contributed by atoms with Gasteiger partial charge in [0.1, 0.15) is 5.75 Å². The maximum atomic E-state index is 11.5. The van der Waals surface area contributed by atoms with Crippen LogP contribution < -0.4 is 0 Å². The second-order valence-electron chi connectivity index (χ2n) is 4.01. The Morgan fingerprint density at radius 1 is 1.44 bits per heavy atom. The van der Waals surface area contributed by atoms with Crippen LogP contribution in [0, 0.1) is 0 Å². The van der Waals surface area contributed by atoms with E-state index in [-0.39, 0.29) is 11.3 Å². The highest BCUT2D eigenvalue weighted by Gasteiger charge is 2.31. The number of esters is 1. The minimum atomic E-state index is -0.847. The Balaban J connectivity index is 3.23. The van der Waals surface area contributed by atoms with Gasteiger partial charge in [0.2, 0.25) is 0 Å². The summed E-state index contributed by atoms with van der Waals surface area (Å²) in [5, 5.41) is 9.35. The number of hydrogen-bond acceptors (Lipinski definition) is 4. The normalized spacial score (nSPS) is 10.9. The highest BCUT2D eigenvalue weighted by atomic mass is 16.5. The van der Waals surface area contributed by atoms with E-state index < -0.39 is 11.4 Å². The predicted octanol–water partition coefficient (Wildman–Crippen LogP) is 1.66. The van der Waals surface area contributed by atoms with Crippen LogP contribution in [-0.4, -0.2) is 24.5 Å². The molecule has 4 heteroatoms. The van der Waals surface area contributed by atoms with Crippen molar-refractivity contribution in [3.05, 3.63) is 29.3 Å². The van der Waals surface area contributed by atoms with Gasteiger partial charge >= 0.3 is 5.97 Å². The fraction of sp³-hybridized carbons (Fsp3) is 0.333. The molecule has 0 aliphatic heterocycles. The zero-order chi connectivity index (χ0) is 12.3. The minimum Gasteiger partial charge on any atom is -0.507 e. The molecule has 0 fully saturated rings. The van der Waals surface area contributed by atoms with Gasteiger partial charge in [-0.25, -0.2) is 0 Å². The van der Waals surface area contributed by atoms with Gasteiger partial charge in [-0.2, -0.15) is 0 Å². The first kappa shape index (κ1) is 12.2. The fourth-order valence-corrected chi connectivity index (χ4v) is 1.41. The average Bonchev–Trinajstić information content (AvgIpc) is 2.28.